The van der Waals surface area contributed by atoms with Gasteiger partial charge >= 0.3 is 0 Å². The third-order valence-corrected chi connectivity index (χ3v) is 6.96. The van der Waals surface area contributed by atoms with Gasteiger partial charge in [-0.25, -0.2) is 0 Å². The Balaban J connectivity index is 1.88. The molecule has 4 rings (SSSR count). The lowest BCUT2D eigenvalue weighted by Gasteiger charge is -2.42. The van der Waals surface area contributed by atoms with Gasteiger partial charge < -0.3 is 24.0 Å². The molecule has 0 saturated carbocycles. The highest BCUT2D eigenvalue weighted by atomic mass is 32.2. The lowest BCUT2D eigenvalue weighted by atomic mass is 9.78. The summed E-state index contributed by atoms with van der Waals surface area (Å²) < 4.78 is 16.4. The number of fused-ring (bicyclic) bond motifs is 1. The zero-order chi connectivity index (χ0) is 22.8. The fourth-order valence-corrected chi connectivity index (χ4v) is 4.92. The zero-order valence-corrected chi connectivity index (χ0v) is 19.6. The van der Waals surface area contributed by atoms with Gasteiger partial charge in [-0.2, -0.15) is 0 Å². The number of ether oxygens (including phenoxy) is 3. The summed E-state index contributed by atoms with van der Waals surface area (Å²) in [6.07, 6.45) is 2.02. The molecule has 0 aliphatic carbocycles. The zero-order valence-electron chi connectivity index (χ0n) is 18.8. The van der Waals surface area contributed by atoms with E-state index in [0.717, 1.165) is 10.5 Å². The molecule has 0 bridgehead atoms. The molecule has 8 heteroatoms. The van der Waals surface area contributed by atoms with Crippen LogP contribution in [0.25, 0.3) is 0 Å². The van der Waals surface area contributed by atoms with E-state index >= 15 is 0 Å². The van der Waals surface area contributed by atoms with Crippen LogP contribution in [0.3, 0.4) is 0 Å². The Bertz CT molecular complexity index is 1000. The first-order valence-corrected chi connectivity index (χ1v) is 11.8. The molecule has 7 nitrogen and oxygen atoms in total. The Labute approximate surface area is 192 Å². The molecule has 0 aromatic heterocycles. The van der Waals surface area contributed by atoms with Crippen LogP contribution in [-0.2, 0) is 9.53 Å². The first kappa shape index (κ1) is 22.5. The number of likely N-dealkylation sites (N-methyl/N-ethyl adjacent to an activating group) is 1. The number of hydrogen-bond acceptors (Lipinski definition) is 6. The van der Waals surface area contributed by atoms with Crippen LogP contribution in [0.4, 0.5) is 0 Å². The maximum Gasteiger partial charge on any atom is 0.254 e. The minimum absolute atomic E-state index is 0.0138. The number of hydrogen-bond donors (Lipinski definition) is 0. The van der Waals surface area contributed by atoms with Crippen molar-refractivity contribution in [1.82, 2.24) is 9.80 Å². The van der Waals surface area contributed by atoms with Gasteiger partial charge in [0.1, 0.15) is 0 Å². The Morgan fingerprint density at radius 3 is 2.28 bits per heavy atom. The van der Waals surface area contributed by atoms with Gasteiger partial charge in [-0.15, -0.1) is 11.8 Å². The van der Waals surface area contributed by atoms with Gasteiger partial charge in [0.15, 0.2) is 11.5 Å². The second-order valence-corrected chi connectivity index (χ2v) is 8.72. The monoisotopic (exact) mass is 456 g/mol. The van der Waals surface area contributed by atoms with Crippen LogP contribution in [0.15, 0.2) is 41.3 Å². The summed E-state index contributed by atoms with van der Waals surface area (Å²) in [5.41, 5.74) is 2.06. The van der Waals surface area contributed by atoms with Crippen molar-refractivity contribution in [1.29, 1.82) is 0 Å². The summed E-state index contributed by atoms with van der Waals surface area (Å²) in [5, 5.41) is 0. The number of carbonyl (C=O) groups is 2. The van der Waals surface area contributed by atoms with E-state index in [-0.39, 0.29) is 11.8 Å². The standard InChI is InChI=1S/C24H28N2O5S/c1-25-22(15-5-7-16(32-4)8-6-15)21(24(28)26-9-11-31-12-10-26)17-13-19(29-2)20(30-3)14-18(17)23(25)27/h5-8,13-14,21-22H,9-12H2,1-4H3/t21-,22-/m0/s1. The SMILES string of the molecule is COc1cc2c(cc1OC)[C@H](C(=O)N1CCOCC1)[C@H](c1ccc(SC)cc1)N(C)C2=O. The van der Waals surface area contributed by atoms with E-state index in [1.54, 1.807) is 43.0 Å². The number of thioether (sulfide) groups is 1. The maximum atomic E-state index is 13.9. The van der Waals surface area contributed by atoms with Crippen LogP contribution < -0.4 is 9.47 Å². The highest BCUT2D eigenvalue weighted by molar-refractivity contribution is 7.98. The Morgan fingerprint density at radius 1 is 1.06 bits per heavy atom. The van der Waals surface area contributed by atoms with Crippen LogP contribution in [0.5, 0.6) is 11.5 Å². The summed E-state index contributed by atoms with van der Waals surface area (Å²) in [6, 6.07) is 11.1. The molecule has 0 unspecified atom stereocenters. The highest BCUT2D eigenvalue weighted by Crippen LogP contribution is 2.46. The molecule has 2 aliphatic rings. The normalized spacial score (nSPS) is 20.7. The van der Waals surface area contributed by atoms with E-state index in [0.29, 0.717) is 48.9 Å². The van der Waals surface area contributed by atoms with Gasteiger partial charge in [0.2, 0.25) is 5.91 Å². The Kier molecular flexibility index (Phi) is 6.62. The topological polar surface area (TPSA) is 68.3 Å². The maximum absolute atomic E-state index is 13.9. The second-order valence-electron chi connectivity index (χ2n) is 7.84. The molecular weight excluding hydrogens is 428 g/mol. The molecule has 2 amide bonds. The summed E-state index contributed by atoms with van der Waals surface area (Å²) in [7, 11) is 4.85. The summed E-state index contributed by atoms with van der Waals surface area (Å²) in [4.78, 5) is 31.9. The third-order valence-electron chi connectivity index (χ3n) is 6.22. The molecule has 0 N–H and O–H groups in total. The minimum Gasteiger partial charge on any atom is -0.493 e. The van der Waals surface area contributed by atoms with Crippen molar-refractivity contribution in [2.24, 2.45) is 0 Å². The van der Waals surface area contributed by atoms with Crippen molar-refractivity contribution in [3.63, 3.8) is 0 Å². The predicted octanol–water partition coefficient (Wildman–Crippen LogP) is 3.20. The summed E-state index contributed by atoms with van der Waals surface area (Å²) >= 11 is 1.65. The fraction of sp³-hybridized carbons (Fsp3) is 0.417. The Morgan fingerprint density at radius 2 is 1.69 bits per heavy atom. The van der Waals surface area contributed by atoms with Gasteiger partial charge in [0, 0.05) is 30.6 Å². The predicted molar refractivity (Wildman–Crippen MR) is 123 cm³/mol. The molecular formula is C24H28N2O5S. The van der Waals surface area contributed by atoms with Crippen molar-refractivity contribution in [3.05, 3.63) is 53.1 Å². The molecule has 0 spiro atoms. The van der Waals surface area contributed by atoms with Crippen molar-refractivity contribution in [3.8, 4) is 11.5 Å². The summed E-state index contributed by atoms with van der Waals surface area (Å²) in [6.45, 7) is 2.10. The molecule has 2 heterocycles. The largest absolute Gasteiger partial charge is 0.493 e. The molecule has 170 valence electrons. The van der Waals surface area contributed by atoms with E-state index in [1.807, 2.05) is 35.4 Å². The fourth-order valence-electron chi connectivity index (χ4n) is 4.51. The van der Waals surface area contributed by atoms with Gasteiger partial charge in [0.05, 0.1) is 39.4 Å². The minimum atomic E-state index is -0.564. The van der Waals surface area contributed by atoms with Crippen LogP contribution in [0.1, 0.15) is 33.4 Å². The van der Waals surface area contributed by atoms with E-state index in [4.69, 9.17) is 14.2 Å². The van der Waals surface area contributed by atoms with Gasteiger partial charge in [0.25, 0.3) is 5.91 Å². The molecule has 1 saturated heterocycles. The number of rotatable bonds is 5. The van der Waals surface area contributed by atoms with Crippen LogP contribution >= 0.6 is 11.8 Å². The second kappa shape index (κ2) is 9.42. The van der Waals surface area contributed by atoms with Crippen LogP contribution in [0, 0.1) is 0 Å². The first-order valence-electron chi connectivity index (χ1n) is 10.5. The number of morpholine rings is 1. The molecule has 1 fully saturated rings. The number of nitrogens with zero attached hydrogens (tertiary/aromatic N) is 2. The van der Waals surface area contributed by atoms with Crippen molar-refractivity contribution in [2.45, 2.75) is 16.9 Å². The molecule has 2 atom stereocenters. The number of amides is 2. The van der Waals surface area contributed by atoms with Gasteiger partial charge in [-0.1, -0.05) is 12.1 Å². The lowest BCUT2D eigenvalue weighted by molar-refractivity contribution is -0.138. The van der Waals surface area contributed by atoms with E-state index in [2.05, 4.69) is 0 Å². The van der Waals surface area contributed by atoms with Crippen molar-refractivity contribution < 1.29 is 23.8 Å². The van der Waals surface area contributed by atoms with E-state index < -0.39 is 12.0 Å². The number of benzene rings is 2. The molecule has 0 radical (unpaired) electrons. The molecule has 2 aromatic carbocycles. The van der Waals surface area contributed by atoms with Gasteiger partial charge in [-0.3, -0.25) is 9.59 Å². The number of methoxy groups -OCH3 is 2. The van der Waals surface area contributed by atoms with E-state index in [9.17, 15) is 9.59 Å². The average molecular weight is 457 g/mol. The average Bonchev–Trinajstić information content (AvgIpc) is 2.85. The number of carbonyl (C=O) groups excluding carboxylic acids is 2. The van der Waals surface area contributed by atoms with Crippen molar-refractivity contribution >= 4 is 23.6 Å². The van der Waals surface area contributed by atoms with Crippen LogP contribution in [0.2, 0.25) is 0 Å². The summed E-state index contributed by atoms with van der Waals surface area (Å²) in [5.74, 6) is 0.241. The van der Waals surface area contributed by atoms with Crippen LogP contribution in [-0.4, -0.2) is 75.4 Å². The third kappa shape index (κ3) is 3.93. The molecule has 2 aromatic rings. The smallest absolute Gasteiger partial charge is 0.254 e. The first-order chi connectivity index (χ1) is 15.5. The molecule has 2 aliphatic heterocycles. The lowest BCUT2D eigenvalue weighted by Crippen LogP contribution is -2.49. The van der Waals surface area contributed by atoms with E-state index in [1.165, 1.54) is 7.11 Å². The van der Waals surface area contributed by atoms with Gasteiger partial charge in [-0.05, 0) is 41.6 Å². The highest BCUT2D eigenvalue weighted by Gasteiger charge is 2.45. The van der Waals surface area contributed by atoms with Crippen molar-refractivity contribution in [2.75, 3.05) is 53.8 Å². The Hall–Kier alpha value is -2.71. The molecule has 32 heavy (non-hydrogen) atoms. The quantitative estimate of drug-likeness (QED) is 0.644.